The molecule has 0 saturated carbocycles. The molecular formula is C31H25FN4O3. The molecule has 39 heavy (non-hydrogen) atoms. The largest absolute Gasteiger partial charge is 0.445 e. The lowest BCUT2D eigenvalue weighted by atomic mass is 9.99. The predicted molar refractivity (Wildman–Crippen MR) is 146 cm³/mol. The summed E-state index contributed by atoms with van der Waals surface area (Å²) in [6.07, 6.45) is 1.28. The van der Waals surface area contributed by atoms with E-state index in [4.69, 9.17) is 4.74 Å². The third-order valence-electron chi connectivity index (χ3n) is 6.88. The summed E-state index contributed by atoms with van der Waals surface area (Å²) >= 11 is 0. The molecule has 1 aliphatic heterocycles. The van der Waals surface area contributed by atoms with Crippen molar-refractivity contribution in [3.8, 4) is 5.69 Å². The molecule has 4 aromatic carbocycles. The van der Waals surface area contributed by atoms with Crippen LogP contribution in [0.4, 0.5) is 14.9 Å². The van der Waals surface area contributed by atoms with Crippen LogP contribution in [0.3, 0.4) is 0 Å². The van der Waals surface area contributed by atoms with E-state index in [1.165, 1.54) is 12.1 Å². The first-order valence-electron chi connectivity index (χ1n) is 12.6. The molecule has 2 heterocycles. The van der Waals surface area contributed by atoms with E-state index in [1.54, 1.807) is 27.9 Å². The lowest BCUT2D eigenvalue weighted by molar-refractivity contribution is -0.117. The Morgan fingerprint density at radius 2 is 1.62 bits per heavy atom. The lowest BCUT2D eigenvalue weighted by Gasteiger charge is -2.29. The molecule has 2 atom stereocenters. The van der Waals surface area contributed by atoms with Gasteiger partial charge >= 0.3 is 6.09 Å². The third kappa shape index (κ3) is 4.96. The highest BCUT2D eigenvalue weighted by atomic mass is 19.1. The SMILES string of the molecule is O=C(NC1CC(=O)N(c2ccc3c(cnn3-c3ccc(F)cc3)c2)C1c1ccccc1)OCc1ccccc1. The van der Waals surface area contributed by atoms with Crippen molar-refractivity contribution in [2.24, 2.45) is 0 Å². The van der Waals surface area contributed by atoms with E-state index in [-0.39, 0.29) is 24.8 Å². The Kier molecular flexibility index (Phi) is 6.50. The van der Waals surface area contributed by atoms with Gasteiger partial charge in [0.2, 0.25) is 5.91 Å². The minimum atomic E-state index is -0.574. The summed E-state index contributed by atoms with van der Waals surface area (Å²) < 4.78 is 20.6. The number of benzene rings is 4. The molecule has 0 aliphatic carbocycles. The minimum Gasteiger partial charge on any atom is -0.445 e. The molecule has 0 radical (unpaired) electrons. The molecule has 1 aliphatic rings. The van der Waals surface area contributed by atoms with Gasteiger partial charge in [0.25, 0.3) is 0 Å². The van der Waals surface area contributed by atoms with Gasteiger partial charge < -0.3 is 15.0 Å². The number of ether oxygens (including phenoxy) is 1. The third-order valence-corrected chi connectivity index (χ3v) is 6.88. The highest BCUT2D eigenvalue weighted by molar-refractivity contribution is 5.99. The maximum Gasteiger partial charge on any atom is 0.407 e. The number of alkyl carbamates (subject to hydrolysis) is 1. The number of amides is 2. The van der Waals surface area contributed by atoms with Gasteiger partial charge in [0.1, 0.15) is 12.4 Å². The van der Waals surface area contributed by atoms with Crippen LogP contribution in [0.5, 0.6) is 0 Å². The van der Waals surface area contributed by atoms with Crippen LogP contribution in [0.15, 0.2) is 109 Å². The average Bonchev–Trinajstić information content (AvgIpc) is 3.53. The maximum atomic E-state index is 13.4. The fourth-order valence-electron chi connectivity index (χ4n) is 5.07. The number of aromatic nitrogens is 2. The van der Waals surface area contributed by atoms with Gasteiger partial charge in [-0.3, -0.25) is 4.79 Å². The van der Waals surface area contributed by atoms with E-state index in [2.05, 4.69) is 10.4 Å². The zero-order chi connectivity index (χ0) is 26.8. The molecule has 1 aromatic heterocycles. The van der Waals surface area contributed by atoms with E-state index < -0.39 is 18.2 Å². The molecule has 8 heteroatoms. The van der Waals surface area contributed by atoms with Crippen molar-refractivity contribution in [1.29, 1.82) is 0 Å². The number of halogens is 1. The van der Waals surface area contributed by atoms with Crippen LogP contribution in [0.25, 0.3) is 16.6 Å². The number of carbonyl (C=O) groups excluding carboxylic acids is 2. The molecule has 1 fully saturated rings. The van der Waals surface area contributed by atoms with Crippen molar-refractivity contribution >= 4 is 28.6 Å². The van der Waals surface area contributed by atoms with Gasteiger partial charge in [0.15, 0.2) is 0 Å². The number of rotatable bonds is 6. The first-order chi connectivity index (χ1) is 19.1. The quantitative estimate of drug-likeness (QED) is 0.301. The molecule has 7 nitrogen and oxygen atoms in total. The smallest absolute Gasteiger partial charge is 0.407 e. The summed E-state index contributed by atoms with van der Waals surface area (Å²) in [5, 5.41) is 8.23. The summed E-state index contributed by atoms with van der Waals surface area (Å²) in [6, 6.07) is 30.0. The number of hydrogen-bond acceptors (Lipinski definition) is 4. The van der Waals surface area contributed by atoms with Crippen molar-refractivity contribution in [3.63, 3.8) is 0 Å². The molecule has 1 N–H and O–H groups in total. The summed E-state index contributed by atoms with van der Waals surface area (Å²) in [7, 11) is 0. The normalized spacial score (nSPS) is 16.9. The zero-order valence-corrected chi connectivity index (χ0v) is 20.9. The minimum absolute atomic E-state index is 0.109. The highest BCUT2D eigenvalue weighted by Crippen LogP contribution is 2.38. The van der Waals surface area contributed by atoms with E-state index in [9.17, 15) is 14.0 Å². The van der Waals surface area contributed by atoms with Crippen LogP contribution < -0.4 is 10.2 Å². The molecule has 194 valence electrons. The van der Waals surface area contributed by atoms with Crippen LogP contribution in [-0.2, 0) is 16.1 Å². The number of nitrogens with one attached hydrogen (secondary N) is 1. The number of nitrogens with zero attached hydrogens (tertiary/aromatic N) is 3. The highest BCUT2D eigenvalue weighted by Gasteiger charge is 2.42. The standard InChI is InChI=1S/C31H25FN4O3/c32-24-11-13-25(14-12-24)36-28-16-15-26(17-23(28)19-33-36)35-29(37)18-27(30(35)22-9-5-2-6-10-22)34-31(38)39-20-21-7-3-1-4-8-21/h1-17,19,27,30H,18,20H2,(H,34,38). The Morgan fingerprint density at radius 3 is 2.36 bits per heavy atom. The van der Waals surface area contributed by atoms with E-state index in [0.717, 1.165) is 27.7 Å². The predicted octanol–water partition coefficient (Wildman–Crippen LogP) is 5.94. The van der Waals surface area contributed by atoms with Gasteiger partial charge in [-0.05, 0) is 53.6 Å². The van der Waals surface area contributed by atoms with Gasteiger partial charge in [-0.15, -0.1) is 0 Å². The Bertz CT molecular complexity index is 1620. The van der Waals surface area contributed by atoms with Crippen molar-refractivity contribution < 1.29 is 18.7 Å². The molecule has 0 bridgehead atoms. The van der Waals surface area contributed by atoms with Gasteiger partial charge in [-0.2, -0.15) is 5.10 Å². The van der Waals surface area contributed by atoms with Crippen LogP contribution >= 0.6 is 0 Å². The fourth-order valence-corrected chi connectivity index (χ4v) is 5.07. The van der Waals surface area contributed by atoms with Crippen molar-refractivity contribution in [2.45, 2.75) is 25.1 Å². The molecular weight excluding hydrogens is 495 g/mol. The van der Waals surface area contributed by atoms with Gasteiger partial charge in [-0.1, -0.05) is 60.7 Å². The van der Waals surface area contributed by atoms with E-state index in [0.29, 0.717) is 5.69 Å². The summed E-state index contributed by atoms with van der Waals surface area (Å²) in [5.74, 6) is -0.424. The first kappa shape index (κ1) is 24.4. The Hall–Kier alpha value is -4.98. The van der Waals surface area contributed by atoms with Gasteiger partial charge in [0, 0.05) is 17.5 Å². The number of anilines is 1. The Balaban J connectivity index is 1.28. The summed E-state index contributed by atoms with van der Waals surface area (Å²) in [6.45, 7) is 0.141. The first-order valence-corrected chi connectivity index (χ1v) is 12.6. The summed E-state index contributed by atoms with van der Waals surface area (Å²) in [5.41, 5.74) is 4.04. The maximum absolute atomic E-state index is 13.4. The van der Waals surface area contributed by atoms with Crippen molar-refractivity contribution in [1.82, 2.24) is 15.1 Å². The zero-order valence-electron chi connectivity index (χ0n) is 20.9. The molecule has 1 saturated heterocycles. The second-order valence-electron chi connectivity index (χ2n) is 9.41. The van der Waals surface area contributed by atoms with Crippen LogP contribution in [0.1, 0.15) is 23.6 Å². The van der Waals surface area contributed by atoms with Crippen LogP contribution in [0, 0.1) is 5.82 Å². The van der Waals surface area contributed by atoms with E-state index >= 15 is 0 Å². The topological polar surface area (TPSA) is 76.5 Å². The second-order valence-corrected chi connectivity index (χ2v) is 9.41. The van der Waals surface area contributed by atoms with Gasteiger partial charge in [-0.25, -0.2) is 13.9 Å². The fraction of sp³-hybridized carbons (Fsp3) is 0.129. The van der Waals surface area contributed by atoms with Crippen molar-refractivity contribution in [3.05, 3.63) is 126 Å². The monoisotopic (exact) mass is 520 g/mol. The number of hydrogen-bond donors (Lipinski definition) is 1. The molecule has 2 unspecified atom stereocenters. The number of carbonyl (C=O) groups is 2. The molecule has 0 spiro atoms. The second kappa shape index (κ2) is 10.4. The Labute approximate surface area is 224 Å². The van der Waals surface area contributed by atoms with Crippen LogP contribution in [0.2, 0.25) is 0 Å². The Morgan fingerprint density at radius 1 is 0.923 bits per heavy atom. The molecule has 5 aromatic rings. The van der Waals surface area contributed by atoms with Gasteiger partial charge in [0.05, 0.1) is 29.5 Å². The number of fused-ring (bicyclic) bond motifs is 1. The lowest BCUT2D eigenvalue weighted by Crippen LogP contribution is -2.40. The summed E-state index contributed by atoms with van der Waals surface area (Å²) in [4.78, 5) is 27.9. The molecule has 6 rings (SSSR count). The van der Waals surface area contributed by atoms with Crippen molar-refractivity contribution in [2.75, 3.05) is 4.90 Å². The average molecular weight is 521 g/mol. The van der Waals surface area contributed by atoms with Crippen LogP contribution in [-0.4, -0.2) is 27.8 Å². The van der Waals surface area contributed by atoms with E-state index in [1.807, 2.05) is 78.9 Å². The molecule has 2 amide bonds.